The van der Waals surface area contributed by atoms with E-state index in [4.69, 9.17) is 11.6 Å². The molecule has 7 heteroatoms. The van der Waals surface area contributed by atoms with Crippen LogP contribution in [0.3, 0.4) is 0 Å². The topological polar surface area (TPSA) is 75.3 Å². The lowest BCUT2D eigenvalue weighted by Crippen LogP contribution is -2.24. The normalized spacial score (nSPS) is 11.1. The lowest BCUT2D eigenvalue weighted by Gasteiger charge is -2.09. The first-order valence-electron chi connectivity index (χ1n) is 7.11. The lowest BCUT2D eigenvalue weighted by atomic mass is 10.2. The van der Waals surface area contributed by atoms with E-state index >= 15 is 0 Å². The molecule has 0 aliphatic carbocycles. The van der Waals surface area contributed by atoms with Crippen molar-refractivity contribution in [3.63, 3.8) is 0 Å². The number of hydrogen-bond acceptors (Lipinski definition) is 3. The van der Waals surface area contributed by atoms with Gasteiger partial charge in [-0.3, -0.25) is 4.79 Å². The van der Waals surface area contributed by atoms with Crippen LogP contribution in [0.1, 0.15) is 15.9 Å². The Hall–Kier alpha value is -2.15. The third kappa shape index (κ3) is 4.44. The van der Waals surface area contributed by atoms with Gasteiger partial charge in [0, 0.05) is 12.1 Å². The van der Waals surface area contributed by atoms with Gasteiger partial charge in [0.15, 0.2) is 0 Å². The summed E-state index contributed by atoms with van der Waals surface area (Å²) in [7, 11) is -3.69. The van der Waals surface area contributed by atoms with Gasteiger partial charge in [-0.2, -0.15) is 0 Å². The van der Waals surface area contributed by atoms with Crippen LogP contribution in [0.2, 0.25) is 5.02 Å². The Morgan fingerprint density at radius 3 is 2.67 bits per heavy atom. The SMILES string of the molecule is C=CCNS(=O)(=O)c1cccc(C(=O)Nc2ccc(C)cc2Cl)c1. The predicted molar refractivity (Wildman–Crippen MR) is 96.0 cm³/mol. The molecular formula is C17H17ClN2O3S. The molecule has 2 rings (SSSR count). The van der Waals surface area contributed by atoms with Crippen molar-refractivity contribution in [2.45, 2.75) is 11.8 Å². The average Bonchev–Trinajstić information content (AvgIpc) is 2.55. The molecule has 0 saturated carbocycles. The van der Waals surface area contributed by atoms with Crippen LogP contribution in [0.25, 0.3) is 0 Å². The maximum absolute atomic E-state index is 12.3. The summed E-state index contributed by atoms with van der Waals surface area (Å²) in [5.41, 5.74) is 1.65. The fourth-order valence-electron chi connectivity index (χ4n) is 1.97. The van der Waals surface area contributed by atoms with Crippen LogP contribution in [-0.2, 0) is 10.0 Å². The summed E-state index contributed by atoms with van der Waals surface area (Å²) in [4.78, 5) is 12.3. The number of sulfonamides is 1. The number of amides is 1. The molecule has 0 radical (unpaired) electrons. The number of halogens is 1. The van der Waals surface area contributed by atoms with Crippen molar-refractivity contribution in [1.82, 2.24) is 4.72 Å². The molecule has 24 heavy (non-hydrogen) atoms. The quantitative estimate of drug-likeness (QED) is 0.772. The predicted octanol–water partition coefficient (Wildman–Crippen LogP) is 3.37. The van der Waals surface area contributed by atoms with Crippen molar-refractivity contribution in [2.24, 2.45) is 0 Å². The molecule has 0 aliphatic rings. The molecule has 0 unspecified atom stereocenters. The first-order chi connectivity index (χ1) is 11.3. The van der Waals surface area contributed by atoms with E-state index in [9.17, 15) is 13.2 Å². The van der Waals surface area contributed by atoms with Crippen molar-refractivity contribution in [3.05, 3.63) is 71.3 Å². The molecule has 0 atom stereocenters. The van der Waals surface area contributed by atoms with E-state index in [-0.39, 0.29) is 17.0 Å². The highest BCUT2D eigenvalue weighted by Gasteiger charge is 2.16. The fourth-order valence-corrected chi connectivity index (χ4v) is 3.30. The van der Waals surface area contributed by atoms with Crippen molar-refractivity contribution in [3.8, 4) is 0 Å². The molecule has 0 aliphatic heterocycles. The number of anilines is 1. The highest BCUT2D eigenvalue weighted by Crippen LogP contribution is 2.23. The van der Waals surface area contributed by atoms with Crippen LogP contribution >= 0.6 is 11.6 Å². The second kappa shape index (κ2) is 7.61. The van der Waals surface area contributed by atoms with Gasteiger partial charge in [-0.1, -0.05) is 29.8 Å². The first-order valence-corrected chi connectivity index (χ1v) is 8.98. The number of rotatable bonds is 6. The minimum Gasteiger partial charge on any atom is -0.321 e. The fraction of sp³-hybridized carbons (Fsp3) is 0.118. The summed E-state index contributed by atoms with van der Waals surface area (Å²) in [5, 5.41) is 3.09. The molecule has 0 bridgehead atoms. The zero-order valence-corrected chi connectivity index (χ0v) is 14.6. The van der Waals surface area contributed by atoms with Gasteiger partial charge in [0.25, 0.3) is 5.91 Å². The largest absolute Gasteiger partial charge is 0.321 e. The van der Waals surface area contributed by atoms with E-state index in [1.165, 1.54) is 30.3 Å². The summed E-state index contributed by atoms with van der Waals surface area (Å²) < 4.78 is 26.6. The molecule has 2 N–H and O–H groups in total. The Bertz CT molecular complexity index is 879. The van der Waals surface area contributed by atoms with E-state index < -0.39 is 15.9 Å². The molecule has 0 heterocycles. The van der Waals surface area contributed by atoms with Crippen LogP contribution in [0.5, 0.6) is 0 Å². The summed E-state index contributed by atoms with van der Waals surface area (Å²) in [5.74, 6) is -0.443. The second-order valence-corrected chi connectivity index (χ2v) is 7.28. The number of hydrogen-bond donors (Lipinski definition) is 2. The van der Waals surface area contributed by atoms with E-state index in [0.29, 0.717) is 10.7 Å². The molecule has 2 aromatic carbocycles. The van der Waals surface area contributed by atoms with Crippen molar-refractivity contribution in [1.29, 1.82) is 0 Å². The smallest absolute Gasteiger partial charge is 0.255 e. The van der Waals surface area contributed by atoms with E-state index in [0.717, 1.165) is 5.56 Å². The van der Waals surface area contributed by atoms with Gasteiger partial charge in [0.1, 0.15) is 0 Å². The molecule has 0 aromatic heterocycles. The Morgan fingerprint density at radius 2 is 2.00 bits per heavy atom. The van der Waals surface area contributed by atoms with Gasteiger partial charge < -0.3 is 5.32 Å². The van der Waals surface area contributed by atoms with Crippen LogP contribution in [0, 0.1) is 6.92 Å². The van der Waals surface area contributed by atoms with Crippen LogP contribution in [-0.4, -0.2) is 20.9 Å². The van der Waals surface area contributed by atoms with Crippen molar-refractivity contribution in [2.75, 3.05) is 11.9 Å². The monoisotopic (exact) mass is 364 g/mol. The van der Waals surface area contributed by atoms with Gasteiger partial charge in [0.05, 0.1) is 15.6 Å². The number of nitrogens with one attached hydrogen (secondary N) is 2. The van der Waals surface area contributed by atoms with Crippen LogP contribution < -0.4 is 10.0 Å². The molecule has 0 fully saturated rings. The number of carbonyl (C=O) groups excluding carboxylic acids is 1. The first kappa shape index (κ1) is 18.2. The second-order valence-electron chi connectivity index (χ2n) is 5.11. The Morgan fingerprint density at radius 1 is 1.25 bits per heavy atom. The maximum atomic E-state index is 12.3. The third-order valence-electron chi connectivity index (χ3n) is 3.20. The molecule has 126 valence electrons. The summed E-state index contributed by atoms with van der Waals surface area (Å²) >= 11 is 6.09. The highest BCUT2D eigenvalue weighted by atomic mass is 35.5. The molecule has 2 aromatic rings. The van der Waals surface area contributed by atoms with Gasteiger partial charge in [-0.15, -0.1) is 6.58 Å². The summed E-state index contributed by atoms with van der Waals surface area (Å²) in [6, 6.07) is 11.0. The Balaban J connectivity index is 2.24. The molecule has 0 spiro atoms. The minimum atomic E-state index is -3.69. The van der Waals surface area contributed by atoms with Gasteiger partial charge in [0.2, 0.25) is 10.0 Å². The Labute approximate surface area is 146 Å². The Kier molecular flexibility index (Phi) is 5.77. The molecule has 0 saturated heterocycles. The van der Waals surface area contributed by atoms with Crippen molar-refractivity contribution < 1.29 is 13.2 Å². The number of benzene rings is 2. The van der Waals surface area contributed by atoms with Crippen LogP contribution in [0.15, 0.2) is 60.0 Å². The third-order valence-corrected chi connectivity index (χ3v) is 4.93. The van der Waals surface area contributed by atoms with Crippen LogP contribution in [0.4, 0.5) is 5.69 Å². The zero-order chi connectivity index (χ0) is 17.7. The standard InChI is InChI=1S/C17H17ClN2O3S/c1-3-9-19-24(22,23)14-6-4-5-13(11-14)17(21)20-16-8-7-12(2)10-15(16)18/h3-8,10-11,19H,1,9H2,2H3,(H,20,21). The molecular weight excluding hydrogens is 348 g/mol. The average molecular weight is 365 g/mol. The lowest BCUT2D eigenvalue weighted by molar-refractivity contribution is 0.102. The van der Waals surface area contributed by atoms with E-state index in [1.54, 1.807) is 12.1 Å². The highest BCUT2D eigenvalue weighted by molar-refractivity contribution is 7.89. The minimum absolute atomic E-state index is 0.00648. The maximum Gasteiger partial charge on any atom is 0.255 e. The summed E-state index contributed by atoms with van der Waals surface area (Å²) in [6.07, 6.45) is 1.44. The molecule has 5 nitrogen and oxygen atoms in total. The summed E-state index contributed by atoms with van der Waals surface area (Å²) in [6.45, 7) is 5.46. The number of aryl methyl sites for hydroxylation is 1. The molecule has 1 amide bonds. The number of carbonyl (C=O) groups is 1. The van der Waals surface area contributed by atoms with Gasteiger partial charge >= 0.3 is 0 Å². The van der Waals surface area contributed by atoms with Gasteiger partial charge in [-0.05, 0) is 42.8 Å². The van der Waals surface area contributed by atoms with Gasteiger partial charge in [-0.25, -0.2) is 13.1 Å². The van der Waals surface area contributed by atoms with E-state index in [2.05, 4.69) is 16.6 Å². The van der Waals surface area contributed by atoms with Crippen molar-refractivity contribution >= 4 is 33.2 Å². The van der Waals surface area contributed by atoms with E-state index in [1.807, 2.05) is 13.0 Å². The zero-order valence-electron chi connectivity index (χ0n) is 13.0.